The molecular formula is C11H24N2. The Morgan fingerprint density at radius 1 is 1.54 bits per heavy atom. The molecule has 2 N–H and O–H groups in total. The van der Waals surface area contributed by atoms with E-state index < -0.39 is 0 Å². The molecule has 78 valence electrons. The van der Waals surface area contributed by atoms with Crippen molar-refractivity contribution < 1.29 is 0 Å². The van der Waals surface area contributed by atoms with Gasteiger partial charge in [-0.3, -0.25) is 0 Å². The molecule has 0 radical (unpaired) electrons. The molecule has 0 aromatic rings. The van der Waals surface area contributed by atoms with E-state index in [2.05, 4.69) is 32.7 Å². The van der Waals surface area contributed by atoms with E-state index in [1.165, 1.54) is 19.3 Å². The van der Waals surface area contributed by atoms with Gasteiger partial charge in [-0.25, -0.2) is 0 Å². The van der Waals surface area contributed by atoms with E-state index in [9.17, 15) is 0 Å². The van der Waals surface area contributed by atoms with Crippen molar-refractivity contribution in [2.45, 2.75) is 52.1 Å². The summed E-state index contributed by atoms with van der Waals surface area (Å²) in [5, 5.41) is 0. The van der Waals surface area contributed by atoms with Crippen molar-refractivity contribution in [3.05, 3.63) is 0 Å². The summed E-state index contributed by atoms with van der Waals surface area (Å²) in [6.45, 7) is 7.96. The lowest BCUT2D eigenvalue weighted by atomic mass is 9.84. The van der Waals surface area contributed by atoms with Crippen LogP contribution in [0.3, 0.4) is 0 Å². The smallest absolute Gasteiger partial charge is 0.0105 e. The molecule has 1 fully saturated rings. The molecule has 0 aliphatic heterocycles. The van der Waals surface area contributed by atoms with Crippen LogP contribution in [-0.4, -0.2) is 30.6 Å². The average molecular weight is 184 g/mol. The molecule has 2 unspecified atom stereocenters. The Morgan fingerprint density at radius 3 is 2.54 bits per heavy atom. The summed E-state index contributed by atoms with van der Waals surface area (Å²) in [5.74, 6) is 0. The summed E-state index contributed by atoms with van der Waals surface area (Å²) < 4.78 is 0. The number of nitrogens with zero attached hydrogens (tertiary/aromatic N) is 1. The van der Waals surface area contributed by atoms with Crippen LogP contribution in [0, 0.1) is 5.41 Å². The zero-order chi connectivity index (χ0) is 10.1. The molecule has 2 nitrogen and oxygen atoms in total. The third-order valence-corrected chi connectivity index (χ3v) is 3.65. The maximum atomic E-state index is 6.14. The highest BCUT2D eigenvalue weighted by molar-refractivity contribution is 4.93. The van der Waals surface area contributed by atoms with Gasteiger partial charge in [0.15, 0.2) is 0 Å². The number of rotatable bonds is 3. The zero-order valence-electron chi connectivity index (χ0n) is 9.51. The molecule has 1 saturated carbocycles. The van der Waals surface area contributed by atoms with E-state index >= 15 is 0 Å². The predicted octanol–water partition coefficient (Wildman–Crippen LogP) is 1.84. The summed E-state index contributed by atoms with van der Waals surface area (Å²) in [6, 6.07) is 1.04. The van der Waals surface area contributed by atoms with E-state index in [1.54, 1.807) is 0 Å². The van der Waals surface area contributed by atoms with Crippen LogP contribution in [0.4, 0.5) is 0 Å². The van der Waals surface area contributed by atoms with E-state index in [-0.39, 0.29) is 0 Å². The quantitative estimate of drug-likeness (QED) is 0.725. The van der Waals surface area contributed by atoms with E-state index in [0.29, 0.717) is 17.5 Å². The van der Waals surface area contributed by atoms with Gasteiger partial charge in [-0.1, -0.05) is 13.3 Å². The highest BCUT2D eigenvalue weighted by Gasteiger charge is 2.37. The summed E-state index contributed by atoms with van der Waals surface area (Å²) in [6.07, 6.45) is 3.82. The fourth-order valence-electron chi connectivity index (χ4n) is 2.21. The summed E-state index contributed by atoms with van der Waals surface area (Å²) >= 11 is 0. The fraction of sp³-hybridized carbons (Fsp3) is 1.00. The van der Waals surface area contributed by atoms with Gasteiger partial charge in [-0.2, -0.15) is 0 Å². The van der Waals surface area contributed by atoms with Gasteiger partial charge in [-0.15, -0.1) is 0 Å². The molecule has 0 bridgehead atoms. The van der Waals surface area contributed by atoms with Crippen LogP contribution in [0.2, 0.25) is 0 Å². The summed E-state index contributed by atoms with van der Waals surface area (Å²) in [5.41, 5.74) is 6.50. The first-order valence-electron chi connectivity index (χ1n) is 5.41. The molecule has 0 saturated heterocycles. The Bertz CT molecular complexity index is 167. The average Bonchev–Trinajstić information content (AvgIpc) is 2.32. The van der Waals surface area contributed by atoms with Gasteiger partial charge >= 0.3 is 0 Å². The van der Waals surface area contributed by atoms with Crippen LogP contribution in [0.5, 0.6) is 0 Å². The minimum atomic E-state index is 0.360. The number of hydrogen-bond donors (Lipinski definition) is 1. The third-order valence-electron chi connectivity index (χ3n) is 3.65. The second kappa shape index (κ2) is 3.97. The van der Waals surface area contributed by atoms with E-state index in [0.717, 1.165) is 6.54 Å². The topological polar surface area (TPSA) is 29.3 Å². The molecule has 1 aliphatic carbocycles. The van der Waals surface area contributed by atoms with Crippen molar-refractivity contribution in [1.82, 2.24) is 4.90 Å². The van der Waals surface area contributed by atoms with Crippen molar-refractivity contribution in [1.29, 1.82) is 0 Å². The fourth-order valence-corrected chi connectivity index (χ4v) is 2.21. The SMILES string of the molecule is CC(C)N(C)CC1(C)CCCC1N. The molecule has 13 heavy (non-hydrogen) atoms. The normalized spacial score (nSPS) is 34.8. The minimum Gasteiger partial charge on any atom is -0.327 e. The Morgan fingerprint density at radius 2 is 2.15 bits per heavy atom. The lowest BCUT2D eigenvalue weighted by molar-refractivity contribution is 0.152. The number of nitrogens with two attached hydrogens (primary N) is 1. The monoisotopic (exact) mass is 184 g/mol. The van der Waals surface area contributed by atoms with Gasteiger partial charge in [0, 0.05) is 18.6 Å². The maximum absolute atomic E-state index is 6.14. The Hall–Kier alpha value is -0.0800. The molecule has 0 aromatic carbocycles. The highest BCUT2D eigenvalue weighted by atomic mass is 15.1. The first-order chi connectivity index (χ1) is 5.96. The van der Waals surface area contributed by atoms with Gasteiger partial charge in [0.25, 0.3) is 0 Å². The standard InChI is InChI=1S/C11H24N2/c1-9(2)13(4)8-11(3)7-5-6-10(11)12/h9-10H,5-8,12H2,1-4H3. The first-order valence-corrected chi connectivity index (χ1v) is 5.41. The Balaban J connectivity index is 2.51. The molecule has 1 aliphatic rings. The molecule has 0 amide bonds. The van der Waals surface area contributed by atoms with Crippen molar-refractivity contribution in [2.75, 3.05) is 13.6 Å². The third kappa shape index (κ3) is 2.44. The van der Waals surface area contributed by atoms with Crippen LogP contribution < -0.4 is 5.73 Å². The van der Waals surface area contributed by atoms with Gasteiger partial charge in [0.2, 0.25) is 0 Å². The second-order valence-corrected chi connectivity index (χ2v) is 5.16. The van der Waals surface area contributed by atoms with E-state index in [4.69, 9.17) is 5.73 Å². The molecule has 2 heteroatoms. The predicted molar refractivity (Wildman–Crippen MR) is 57.7 cm³/mol. The number of hydrogen-bond acceptors (Lipinski definition) is 2. The van der Waals surface area contributed by atoms with Crippen LogP contribution in [0.25, 0.3) is 0 Å². The van der Waals surface area contributed by atoms with Crippen LogP contribution in [-0.2, 0) is 0 Å². The lowest BCUT2D eigenvalue weighted by Gasteiger charge is -2.35. The van der Waals surface area contributed by atoms with Crippen molar-refractivity contribution in [2.24, 2.45) is 11.1 Å². The summed E-state index contributed by atoms with van der Waals surface area (Å²) in [4.78, 5) is 2.41. The second-order valence-electron chi connectivity index (χ2n) is 5.16. The Kier molecular flexibility index (Phi) is 3.36. The highest BCUT2D eigenvalue weighted by Crippen LogP contribution is 2.37. The van der Waals surface area contributed by atoms with Crippen molar-refractivity contribution in [3.8, 4) is 0 Å². The maximum Gasteiger partial charge on any atom is 0.0105 e. The lowest BCUT2D eigenvalue weighted by Crippen LogP contribution is -2.44. The van der Waals surface area contributed by atoms with Gasteiger partial charge in [0.1, 0.15) is 0 Å². The molecule has 0 spiro atoms. The van der Waals surface area contributed by atoms with E-state index in [1.807, 2.05) is 0 Å². The molecule has 1 rings (SSSR count). The molecule has 0 heterocycles. The van der Waals surface area contributed by atoms with Crippen LogP contribution >= 0.6 is 0 Å². The molecule has 2 atom stereocenters. The largest absolute Gasteiger partial charge is 0.327 e. The van der Waals surface area contributed by atoms with Gasteiger partial charge in [0.05, 0.1) is 0 Å². The van der Waals surface area contributed by atoms with Gasteiger partial charge < -0.3 is 10.6 Å². The van der Waals surface area contributed by atoms with Crippen molar-refractivity contribution in [3.63, 3.8) is 0 Å². The first kappa shape index (κ1) is 11.0. The molecule has 0 aromatic heterocycles. The van der Waals surface area contributed by atoms with Crippen LogP contribution in [0.1, 0.15) is 40.0 Å². The van der Waals surface area contributed by atoms with Crippen LogP contribution in [0.15, 0.2) is 0 Å². The molecular weight excluding hydrogens is 160 g/mol. The van der Waals surface area contributed by atoms with Crippen molar-refractivity contribution >= 4 is 0 Å². The summed E-state index contributed by atoms with van der Waals surface area (Å²) in [7, 11) is 2.20. The zero-order valence-corrected chi connectivity index (χ0v) is 9.51. The van der Waals surface area contributed by atoms with Gasteiger partial charge in [-0.05, 0) is 39.2 Å². The minimum absolute atomic E-state index is 0.360. The Labute approximate surface area is 82.5 Å².